The number of rotatable bonds is 6. The summed E-state index contributed by atoms with van der Waals surface area (Å²) < 4.78 is 8.96. The van der Waals surface area contributed by atoms with Gasteiger partial charge in [0.05, 0.1) is 26.1 Å². The lowest BCUT2D eigenvalue weighted by Crippen LogP contribution is -2.45. The molecular weight excluding hydrogens is 282 g/mol. The van der Waals surface area contributed by atoms with Crippen molar-refractivity contribution < 1.29 is 33.8 Å². The van der Waals surface area contributed by atoms with Gasteiger partial charge >= 0.3 is 17.9 Å². The van der Waals surface area contributed by atoms with Crippen LogP contribution >= 0.6 is 0 Å². The van der Waals surface area contributed by atoms with E-state index >= 15 is 0 Å². The van der Waals surface area contributed by atoms with Gasteiger partial charge in [-0.15, -0.1) is 0 Å². The third-order valence-corrected chi connectivity index (χ3v) is 3.56. The third kappa shape index (κ3) is 4.44. The number of hydrogen-bond acceptors (Lipinski definition) is 6. The van der Waals surface area contributed by atoms with Gasteiger partial charge in [0, 0.05) is 0 Å². The molecule has 0 radical (unpaired) electrons. The van der Waals surface area contributed by atoms with Crippen LogP contribution in [-0.4, -0.2) is 61.1 Å². The van der Waals surface area contributed by atoms with E-state index in [-0.39, 0.29) is 0 Å². The Morgan fingerprint density at radius 3 is 1.90 bits per heavy atom. The molecule has 1 amide bonds. The zero-order chi connectivity index (χ0) is 16.0. The van der Waals surface area contributed by atoms with Crippen molar-refractivity contribution in [2.24, 2.45) is 11.8 Å². The lowest BCUT2D eigenvalue weighted by atomic mass is 9.94. The van der Waals surface area contributed by atoms with E-state index in [4.69, 9.17) is 5.11 Å². The molecule has 0 bridgehead atoms. The van der Waals surface area contributed by atoms with E-state index in [1.807, 2.05) is 0 Å². The van der Waals surface area contributed by atoms with Crippen LogP contribution in [0.4, 0.5) is 0 Å². The summed E-state index contributed by atoms with van der Waals surface area (Å²) in [5.74, 6) is -4.45. The van der Waals surface area contributed by atoms with Crippen LogP contribution in [0.15, 0.2) is 0 Å². The van der Waals surface area contributed by atoms with E-state index in [2.05, 4.69) is 9.47 Å². The number of carboxylic acids is 1. The van der Waals surface area contributed by atoms with Crippen LogP contribution < -0.4 is 0 Å². The van der Waals surface area contributed by atoms with Gasteiger partial charge in [0.1, 0.15) is 13.1 Å². The molecular formula is C13H19NO7. The molecule has 1 fully saturated rings. The molecule has 1 aliphatic rings. The van der Waals surface area contributed by atoms with Crippen molar-refractivity contribution in [3.05, 3.63) is 0 Å². The Kier molecular flexibility index (Phi) is 6.13. The lowest BCUT2D eigenvalue weighted by molar-refractivity contribution is -0.156. The first kappa shape index (κ1) is 16.9. The fourth-order valence-electron chi connectivity index (χ4n) is 2.44. The van der Waals surface area contributed by atoms with Crippen molar-refractivity contribution in [1.82, 2.24) is 4.90 Å². The second kappa shape index (κ2) is 7.61. The topological polar surface area (TPSA) is 110 Å². The number of esters is 2. The molecule has 0 aromatic rings. The molecule has 8 nitrogen and oxygen atoms in total. The Morgan fingerprint density at radius 2 is 1.48 bits per heavy atom. The summed E-state index contributed by atoms with van der Waals surface area (Å²) in [6.45, 7) is -0.819. The maximum Gasteiger partial charge on any atom is 0.325 e. The highest BCUT2D eigenvalue weighted by atomic mass is 16.5. The van der Waals surface area contributed by atoms with Crippen molar-refractivity contribution >= 4 is 23.8 Å². The summed E-state index contributed by atoms with van der Waals surface area (Å²) in [6, 6.07) is 0. The van der Waals surface area contributed by atoms with Gasteiger partial charge in [0.2, 0.25) is 5.91 Å². The van der Waals surface area contributed by atoms with Gasteiger partial charge in [-0.25, -0.2) is 0 Å². The van der Waals surface area contributed by atoms with Crippen LogP contribution in [0.2, 0.25) is 0 Å². The molecule has 0 saturated heterocycles. The van der Waals surface area contributed by atoms with Crippen molar-refractivity contribution in [1.29, 1.82) is 0 Å². The highest BCUT2D eigenvalue weighted by molar-refractivity contribution is 5.90. The van der Waals surface area contributed by atoms with E-state index in [1.165, 1.54) is 14.2 Å². The Labute approximate surface area is 122 Å². The molecule has 0 aromatic heterocycles. The van der Waals surface area contributed by atoms with E-state index in [1.54, 1.807) is 0 Å². The van der Waals surface area contributed by atoms with Crippen LogP contribution in [0.1, 0.15) is 19.3 Å². The van der Waals surface area contributed by atoms with Crippen molar-refractivity contribution in [3.63, 3.8) is 0 Å². The number of carbonyl (C=O) groups is 4. The predicted molar refractivity (Wildman–Crippen MR) is 69.1 cm³/mol. The Bertz CT molecular complexity index is 416. The molecule has 0 aromatic carbocycles. The van der Waals surface area contributed by atoms with Crippen molar-refractivity contribution in [3.8, 4) is 0 Å². The van der Waals surface area contributed by atoms with Crippen LogP contribution in [0, 0.1) is 11.8 Å². The summed E-state index contributed by atoms with van der Waals surface area (Å²) in [4.78, 5) is 47.2. The molecule has 0 heterocycles. The molecule has 2 unspecified atom stereocenters. The fourth-order valence-corrected chi connectivity index (χ4v) is 2.44. The van der Waals surface area contributed by atoms with Gasteiger partial charge in [0.15, 0.2) is 0 Å². The fraction of sp³-hybridized carbons (Fsp3) is 0.692. The summed E-state index contributed by atoms with van der Waals surface area (Å²) in [7, 11) is 2.33. The number of nitrogens with zero attached hydrogens (tertiary/aromatic N) is 1. The van der Waals surface area contributed by atoms with Gasteiger partial charge in [-0.2, -0.15) is 0 Å². The minimum absolute atomic E-state index is 0.409. The maximum atomic E-state index is 12.4. The number of hydrogen-bond donors (Lipinski definition) is 1. The first-order valence-electron chi connectivity index (χ1n) is 6.56. The first-order valence-corrected chi connectivity index (χ1v) is 6.56. The molecule has 0 aliphatic heterocycles. The second-order valence-electron chi connectivity index (χ2n) is 4.83. The van der Waals surface area contributed by atoms with Crippen molar-refractivity contribution in [2.45, 2.75) is 19.3 Å². The smallest absolute Gasteiger partial charge is 0.325 e. The zero-order valence-electron chi connectivity index (χ0n) is 12.0. The second-order valence-corrected chi connectivity index (χ2v) is 4.83. The van der Waals surface area contributed by atoms with E-state index in [0.717, 1.165) is 4.90 Å². The average molecular weight is 301 g/mol. The van der Waals surface area contributed by atoms with Crippen LogP contribution in [0.3, 0.4) is 0 Å². The summed E-state index contributed by atoms with van der Waals surface area (Å²) in [5, 5.41) is 9.12. The molecule has 21 heavy (non-hydrogen) atoms. The number of amides is 1. The quantitative estimate of drug-likeness (QED) is 0.668. The van der Waals surface area contributed by atoms with E-state index < -0.39 is 48.7 Å². The van der Waals surface area contributed by atoms with Crippen LogP contribution in [-0.2, 0) is 28.7 Å². The van der Waals surface area contributed by atoms with Gasteiger partial charge in [-0.3, -0.25) is 19.2 Å². The monoisotopic (exact) mass is 301 g/mol. The Hall–Kier alpha value is -2.12. The summed E-state index contributed by atoms with van der Waals surface area (Å²) in [6.07, 6.45) is 1.46. The van der Waals surface area contributed by atoms with Crippen molar-refractivity contribution in [2.75, 3.05) is 27.3 Å². The normalized spacial score (nSPS) is 20.7. The predicted octanol–water partition coefficient (Wildman–Crippen LogP) is -0.338. The van der Waals surface area contributed by atoms with Gasteiger partial charge in [-0.1, -0.05) is 6.42 Å². The maximum absolute atomic E-state index is 12.4. The number of carbonyl (C=O) groups excluding carboxylic acids is 3. The van der Waals surface area contributed by atoms with Gasteiger partial charge in [0.25, 0.3) is 0 Å². The number of aliphatic carboxylic acids is 1. The minimum Gasteiger partial charge on any atom is -0.481 e. The average Bonchev–Trinajstić information content (AvgIpc) is 2.94. The van der Waals surface area contributed by atoms with Gasteiger partial charge in [-0.05, 0) is 12.8 Å². The number of carboxylic acid groups (broad SMARTS) is 1. The number of ether oxygens (including phenoxy) is 2. The Balaban J connectivity index is 2.85. The summed E-state index contributed by atoms with van der Waals surface area (Å²) in [5.41, 5.74) is 0. The SMILES string of the molecule is COC(=O)CN(CC(=O)OC)C(=O)C1CCCC1C(=O)O. The molecule has 1 rings (SSSR count). The summed E-state index contributed by atoms with van der Waals surface area (Å²) >= 11 is 0. The van der Waals surface area contributed by atoms with E-state index in [9.17, 15) is 19.2 Å². The zero-order valence-corrected chi connectivity index (χ0v) is 12.0. The molecule has 1 aliphatic carbocycles. The molecule has 118 valence electrons. The highest BCUT2D eigenvalue weighted by Gasteiger charge is 2.40. The number of methoxy groups -OCH3 is 2. The molecule has 0 spiro atoms. The first-order chi connectivity index (χ1) is 9.90. The van der Waals surface area contributed by atoms with E-state index in [0.29, 0.717) is 19.3 Å². The highest BCUT2D eigenvalue weighted by Crippen LogP contribution is 2.33. The molecule has 1 saturated carbocycles. The minimum atomic E-state index is -1.04. The molecule has 2 atom stereocenters. The largest absolute Gasteiger partial charge is 0.481 e. The standard InChI is InChI=1S/C13H19NO7/c1-20-10(15)6-14(7-11(16)21-2)12(17)8-4-3-5-9(8)13(18)19/h8-9H,3-7H2,1-2H3,(H,18,19). The lowest BCUT2D eigenvalue weighted by Gasteiger charge is -2.25. The van der Waals surface area contributed by atoms with Crippen LogP contribution in [0.25, 0.3) is 0 Å². The molecule has 8 heteroatoms. The molecule has 1 N–H and O–H groups in total. The third-order valence-electron chi connectivity index (χ3n) is 3.56. The van der Waals surface area contributed by atoms with Gasteiger partial charge < -0.3 is 19.5 Å². The van der Waals surface area contributed by atoms with Crippen LogP contribution in [0.5, 0.6) is 0 Å². The Morgan fingerprint density at radius 1 is 1.00 bits per heavy atom.